The van der Waals surface area contributed by atoms with E-state index in [0.29, 0.717) is 25.2 Å². The number of fused-ring (bicyclic) bond motifs is 1. The first-order chi connectivity index (χ1) is 10.7. The molecular formula is C15H24N4O4. The van der Waals surface area contributed by atoms with E-state index in [9.17, 15) is 9.59 Å². The van der Waals surface area contributed by atoms with Crippen LogP contribution in [0.25, 0.3) is 0 Å². The highest BCUT2D eigenvalue weighted by Crippen LogP contribution is 2.23. The predicted octanol–water partition coefficient (Wildman–Crippen LogP) is 0.435. The molecule has 1 aromatic heterocycles. The molecular weight excluding hydrogens is 300 g/mol. The van der Waals surface area contributed by atoms with Crippen LogP contribution in [0.5, 0.6) is 0 Å². The number of nitrogens with one attached hydrogen (secondary N) is 1. The van der Waals surface area contributed by atoms with E-state index in [-0.39, 0.29) is 25.2 Å². The van der Waals surface area contributed by atoms with Crippen molar-refractivity contribution in [3.63, 3.8) is 0 Å². The molecule has 1 aliphatic rings. The smallest absolute Gasteiger partial charge is 0.410 e. The lowest BCUT2D eigenvalue weighted by atomic mass is 10.0. The van der Waals surface area contributed by atoms with Crippen LogP contribution in [0.4, 0.5) is 4.79 Å². The quantitative estimate of drug-likeness (QED) is 0.841. The molecule has 0 aromatic carbocycles. The predicted molar refractivity (Wildman–Crippen MR) is 83.0 cm³/mol. The van der Waals surface area contributed by atoms with Crippen molar-refractivity contribution in [1.82, 2.24) is 20.0 Å². The highest BCUT2D eigenvalue weighted by Gasteiger charge is 2.31. The zero-order chi connectivity index (χ0) is 17.2. The Kier molecular flexibility index (Phi) is 4.93. The lowest BCUT2D eigenvalue weighted by Gasteiger charge is -2.30. The van der Waals surface area contributed by atoms with Gasteiger partial charge in [-0.2, -0.15) is 5.10 Å². The fraction of sp³-hybridized carbons (Fsp3) is 0.667. The molecule has 0 radical (unpaired) electrons. The lowest BCUT2D eigenvalue weighted by Crippen LogP contribution is -2.40. The molecule has 0 saturated carbocycles. The van der Waals surface area contributed by atoms with Gasteiger partial charge in [0.05, 0.1) is 18.8 Å². The van der Waals surface area contributed by atoms with Gasteiger partial charge >= 0.3 is 6.09 Å². The fourth-order valence-electron chi connectivity index (χ4n) is 2.49. The van der Waals surface area contributed by atoms with Gasteiger partial charge in [0.2, 0.25) is 0 Å². The highest BCUT2D eigenvalue weighted by molar-refractivity contribution is 5.94. The van der Waals surface area contributed by atoms with Crippen LogP contribution in [0.1, 0.15) is 42.5 Å². The van der Waals surface area contributed by atoms with E-state index in [1.54, 1.807) is 16.6 Å². The zero-order valence-corrected chi connectivity index (χ0v) is 14.0. The van der Waals surface area contributed by atoms with Crippen LogP contribution in [0, 0.1) is 0 Å². The summed E-state index contributed by atoms with van der Waals surface area (Å²) in [5.41, 5.74) is 1.50. The van der Waals surface area contributed by atoms with Gasteiger partial charge in [0, 0.05) is 25.7 Å². The van der Waals surface area contributed by atoms with Crippen LogP contribution in [0.2, 0.25) is 0 Å². The standard InChI is InChI=1S/C15H24N4O4/c1-15(2,3)23-14(22)19-7-5-10-11(9-19)18(4)17-12(10)13(21)16-6-8-20/h20H,5-9H2,1-4H3,(H,16,21). The topological polar surface area (TPSA) is 96.7 Å². The molecule has 0 atom stereocenters. The first kappa shape index (κ1) is 17.3. The largest absolute Gasteiger partial charge is 0.444 e. The van der Waals surface area contributed by atoms with Gasteiger partial charge in [-0.25, -0.2) is 4.79 Å². The maximum atomic E-state index is 12.2. The van der Waals surface area contributed by atoms with Crippen LogP contribution >= 0.6 is 0 Å². The Morgan fingerprint density at radius 3 is 2.70 bits per heavy atom. The number of aliphatic hydroxyl groups excluding tert-OH is 1. The van der Waals surface area contributed by atoms with Crippen LogP contribution in [0.15, 0.2) is 0 Å². The summed E-state index contributed by atoms with van der Waals surface area (Å²) < 4.78 is 7.01. The summed E-state index contributed by atoms with van der Waals surface area (Å²) in [6.07, 6.45) is 0.181. The maximum absolute atomic E-state index is 12.2. The van der Waals surface area contributed by atoms with Crippen molar-refractivity contribution < 1.29 is 19.4 Å². The van der Waals surface area contributed by atoms with Crippen LogP contribution in [0.3, 0.4) is 0 Å². The Balaban J connectivity index is 2.14. The summed E-state index contributed by atoms with van der Waals surface area (Å²) in [5.74, 6) is -0.304. The van der Waals surface area contributed by atoms with Crippen molar-refractivity contribution >= 4 is 12.0 Å². The molecule has 8 nitrogen and oxygen atoms in total. The molecule has 23 heavy (non-hydrogen) atoms. The SMILES string of the molecule is Cn1nc(C(=O)NCCO)c2c1CN(C(=O)OC(C)(C)C)CC2. The van der Waals surface area contributed by atoms with Gasteiger partial charge in [0.15, 0.2) is 5.69 Å². The average molecular weight is 324 g/mol. The number of aryl methyl sites for hydroxylation is 1. The Labute approximate surface area is 135 Å². The monoisotopic (exact) mass is 324 g/mol. The minimum absolute atomic E-state index is 0.118. The van der Waals surface area contributed by atoms with Crippen LogP contribution < -0.4 is 5.32 Å². The number of carbonyl (C=O) groups is 2. The number of amides is 2. The number of nitrogens with zero attached hydrogens (tertiary/aromatic N) is 3. The van der Waals surface area contributed by atoms with Gasteiger partial charge in [-0.1, -0.05) is 0 Å². The number of rotatable bonds is 3. The maximum Gasteiger partial charge on any atom is 0.410 e. The molecule has 0 fully saturated rings. The second-order valence-corrected chi connectivity index (χ2v) is 6.53. The molecule has 8 heteroatoms. The Morgan fingerprint density at radius 1 is 1.39 bits per heavy atom. The number of ether oxygens (including phenoxy) is 1. The van der Waals surface area contributed by atoms with Crippen molar-refractivity contribution in [2.24, 2.45) is 7.05 Å². The second-order valence-electron chi connectivity index (χ2n) is 6.53. The third-order valence-corrected chi connectivity index (χ3v) is 3.51. The van der Waals surface area contributed by atoms with E-state index in [2.05, 4.69) is 10.4 Å². The Morgan fingerprint density at radius 2 is 2.09 bits per heavy atom. The molecule has 2 amide bonds. The summed E-state index contributed by atoms with van der Waals surface area (Å²) in [6.45, 7) is 6.40. The summed E-state index contributed by atoms with van der Waals surface area (Å²) in [5, 5.41) is 15.7. The molecule has 0 saturated heterocycles. The molecule has 0 spiro atoms. The Hall–Kier alpha value is -2.09. The molecule has 1 aliphatic heterocycles. The zero-order valence-electron chi connectivity index (χ0n) is 14.0. The number of carbonyl (C=O) groups excluding carboxylic acids is 2. The van der Waals surface area contributed by atoms with Crippen molar-refractivity contribution in [2.45, 2.75) is 39.3 Å². The highest BCUT2D eigenvalue weighted by atomic mass is 16.6. The molecule has 0 bridgehead atoms. The van der Waals surface area contributed by atoms with E-state index in [1.165, 1.54) is 0 Å². The van der Waals surface area contributed by atoms with E-state index in [0.717, 1.165) is 11.3 Å². The average Bonchev–Trinajstić information content (AvgIpc) is 2.80. The Bertz CT molecular complexity index is 603. The lowest BCUT2D eigenvalue weighted by molar-refractivity contribution is 0.0219. The van der Waals surface area contributed by atoms with Gasteiger partial charge in [-0.15, -0.1) is 0 Å². The molecule has 0 unspecified atom stereocenters. The third kappa shape index (κ3) is 4.01. The molecule has 128 valence electrons. The minimum atomic E-state index is -0.543. The number of aliphatic hydroxyl groups is 1. The van der Waals surface area contributed by atoms with Gasteiger partial charge in [-0.05, 0) is 27.2 Å². The molecule has 1 aromatic rings. The summed E-state index contributed by atoms with van der Waals surface area (Å²) in [6, 6.07) is 0. The molecule has 2 heterocycles. The van der Waals surface area contributed by atoms with E-state index in [4.69, 9.17) is 9.84 Å². The fourth-order valence-corrected chi connectivity index (χ4v) is 2.49. The van der Waals surface area contributed by atoms with Crippen LogP contribution in [-0.4, -0.2) is 57.1 Å². The molecule has 0 aliphatic carbocycles. The first-order valence-electron chi connectivity index (χ1n) is 7.64. The summed E-state index contributed by atoms with van der Waals surface area (Å²) in [4.78, 5) is 25.9. The van der Waals surface area contributed by atoms with Crippen molar-refractivity contribution in [3.8, 4) is 0 Å². The molecule has 2 N–H and O–H groups in total. The minimum Gasteiger partial charge on any atom is -0.444 e. The summed E-state index contributed by atoms with van der Waals surface area (Å²) in [7, 11) is 1.75. The van der Waals surface area contributed by atoms with Crippen molar-refractivity contribution in [2.75, 3.05) is 19.7 Å². The van der Waals surface area contributed by atoms with Crippen molar-refractivity contribution in [1.29, 1.82) is 0 Å². The normalized spacial score (nSPS) is 14.4. The third-order valence-electron chi connectivity index (χ3n) is 3.51. The van der Waals surface area contributed by atoms with Crippen molar-refractivity contribution in [3.05, 3.63) is 17.0 Å². The van der Waals surface area contributed by atoms with Gasteiger partial charge in [0.1, 0.15) is 5.60 Å². The summed E-state index contributed by atoms with van der Waals surface area (Å²) >= 11 is 0. The van der Waals surface area contributed by atoms with E-state index >= 15 is 0 Å². The number of hydrogen-bond donors (Lipinski definition) is 2. The number of hydrogen-bond acceptors (Lipinski definition) is 5. The van der Waals surface area contributed by atoms with E-state index < -0.39 is 5.60 Å². The first-order valence-corrected chi connectivity index (χ1v) is 7.64. The van der Waals surface area contributed by atoms with Gasteiger partial charge < -0.3 is 20.1 Å². The van der Waals surface area contributed by atoms with E-state index in [1.807, 2.05) is 20.8 Å². The van der Waals surface area contributed by atoms with Gasteiger partial charge in [-0.3, -0.25) is 9.48 Å². The second kappa shape index (κ2) is 6.57. The molecule has 2 rings (SSSR count). The van der Waals surface area contributed by atoms with Gasteiger partial charge in [0.25, 0.3) is 5.91 Å². The van der Waals surface area contributed by atoms with Crippen LogP contribution in [-0.2, 0) is 24.8 Å². The number of aromatic nitrogens is 2.